The van der Waals surface area contributed by atoms with Crippen LogP contribution in [0.15, 0.2) is 48.8 Å². The van der Waals surface area contributed by atoms with Gasteiger partial charge in [-0.25, -0.2) is 9.97 Å². The maximum Gasteiger partial charge on any atom is 0.137 e. The first-order valence-electron chi connectivity index (χ1n) is 10.6. The predicted molar refractivity (Wildman–Crippen MR) is 121 cm³/mol. The molecule has 148 valence electrons. The highest BCUT2D eigenvalue weighted by atomic mass is 15.1. The van der Waals surface area contributed by atoms with Crippen molar-refractivity contribution in [2.75, 3.05) is 19.4 Å². The normalized spacial score (nSPS) is 20.9. The minimum Gasteiger partial charge on any atom is -0.367 e. The minimum absolute atomic E-state index is 0.484. The smallest absolute Gasteiger partial charge is 0.137 e. The van der Waals surface area contributed by atoms with Crippen LogP contribution in [-0.4, -0.2) is 41.0 Å². The molecule has 1 heterocycles. The molecule has 1 fully saturated rings. The maximum atomic E-state index is 4.60. The molecule has 1 aromatic heterocycles. The lowest BCUT2D eigenvalue weighted by atomic mass is 9.90. The Labute approximate surface area is 172 Å². The van der Waals surface area contributed by atoms with Gasteiger partial charge >= 0.3 is 0 Å². The summed E-state index contributed by atoms with van der Waals surface area (Å²) in [6, 6.07) is 14.5. The first-order chi connectivity index (χ1) is 14.2. The molecular weight excluding hydrogens is 356 g/mol. The molecular formula is C25H28N4. The van der Waals surface area contributed by atoms with Gasteiger partial charge in [-0.15, -0.1) is 0 Å². The lowest BCUT2D eigenvalue weighted by Gasteiger charge is -2.33. The van der Waals surface area contributed by atoms with Crippen LogP contribution in [0.25, 0.3) is 28.1 Å². The summed E-state index contributed by atoms with van der Waals surface area (Å²) >= 11 is 0. The van der Waals surface area contributed by atoms with Crippen molar-refractivity contribution in [3.05, 3.63) is 59.9 Å². The van der Waals surface area contributed by atoms with Gasteiger partial charge in [0.25, 0.3) is 0 Å². The van der Waals surface area contributed by atoms with E-state index >= 15 is 0 Å². The van der Waals surface area contributed by atoms with Crippen molar-refractivity contribution in [3.8, 4) is 11.1 Å². The fraction of sp³-hybridized carbons (Fsp3) is 0.360. The Bertz CT molecular complexity index is 1060. The third-order valence-electron chi connectivity index (χ3n) is 6.52. The summed E-state index contributed by atoms with van der Waals surface area (Å²) in [5.41, 5.74) is 6.21. The van der Waals surface area contributed by atoms with Gasteiger partial charge < -0.3 is 10.2 Å². The molecule has 0 saturated heterocycles. The summed E-state index contributed by atoms with van der Waals surface area (Å²) < 4.78 is 0. The summed E-state index contributed by atoms with van der Waals surface area (Å²) in [7, 11) is 4.37. The Hall–Kier alpha value is -2.72. The van der Waals surface area contributed by atoms with E-state index in [1.54, 1.807) is 6.33 Å². The van der Waals surface area contributed by atoms with Gasteiger partial charge in [0, 0.05) is 17.5 Å². The Balaban J connectivity index is 1.43. The van der Waals surface area contributed by atoms with Gasteiger partial charge in [-0.1, -0.05) is 30.4 Å². The van der Waals surface area contributed by atoms with Crippen LogP contribution in [-0.2, 0) is 6.42 Å². The molecule has 2 aliphatic carbocycles. The standard InChI is InChI=1S/C25H28N4/c1-29(2)22-11-9-21(10-12-22)28-25-23-15-20(8-13-24(23)26-16-27-25)19-7-6-17-4-3-5-18(17)14-19/h3,5-8,13-16,21-22H,4,9-12H2,1-2H3,(H,26,27,28). The van der Waals surface area contributed by atoms with E-state index in [1.165, 1.54) is 47.9 Å². The average molecular weight is 385 g/mol. The van der Waals surface area contributed by atoms with Gasteiger partial charge in [0.2, 0.25) is 0 Å². The quantitative estimate of drug-likeness (QED) is 0.675. The lowest BCUT2D eigenvalue weighted by Crippen LogP contribution is -2.36. The van der Waals surface area contributed by atoms with E-state index in [9.17, 15) is 0 Å². The van der Waals surface area contributed by atoms with E-state index in [-0.39, 0.29) is 0 Å². The molecule has 0 radical (unpaired) electrons. The second kappa shape index (κ2) is 7.60. The zero-order valence-corrected chi connectivity index (χ0v) is 17.2. The number of hydrogen-bond donors (Lipinski definition) is 1. The highest BCUT2D eigenvalue weighted by Gasteiger charge is 2.23. The SMILES string of the molecule is CN(C)C1CCC(Nc2ncnc3ccc(-c4ccc5c(c4)C=CC5)cc23)CC1. The molecule has 0 bridgehead atoms. The van der Waals surface area contributed by atoms with Crippen LogP contribution in [0.3, 0.4) is 0 Å². The number of fused-ring (bicyclic) bond motifs is 2. The van der Waals surface area contributed by atoms with Crippen molar-refractivity contribution in [3.63, 3.8) is 0 Å². The van der Waals surface area contributed by atoms with Gasteiger partial charge in [-0.05, 0) is 86.7 Å². The number of anilines is 1. The third kappa shape index (κ3) is 3.65. The number of nitrogens with zero attached hydrogens (tertiary/aromatic N) is 3. The topological polar surface area (TPSA) is 41.0 Å². The van der Waals surface area contributed by atoms with Crippen LogP contribution in [0, 0.1) is 0 Å². The molecule has 4 heteroatoms. The molecule has 0 spiro atoms. The molecule has 3 aromatic rings. The zero-order chi connectivity index (χ0) is 19.8. The first-order valence-corrected chi connectivity index (χ1v) is 10.6. The molecule has 4 nitrogen and oxygen atoms in total. The fourth-order valence-electron chi connectivity index (χ4n) is 4.71. The van der Waals surface area contributed by atoms with E-state index in [1.807, 2.05) is 0 Å². The Morgan fingerprint density at radius 3 is 2.55 bits per heavy atom. The molecule has 29 heavy (non-hydrogen) atoms. The number of benzene rings is 2. The van der Waals surface area contributed by atoms with Gasteiger partial charge in [-0.3, -0.25) is 0 Å². The van der Waals surface area contributed by atoms with Gasteiger partial charge in [0.05, 0.1) is 5.52 Å². The van der Waals surface area contributed by atoms with Gasteiger partial charge in [0.15, 0.2) is 0 Å². The van der Waals surface area contributed by atoms with Crippen LogP contribution in [0.4, 0.5) is 5.82 Å². The van der Waals surface area contributed by atoms with Gasteiger partial charge in [-0.2, -0.15) is 0 Å². The summed E-state index contributed by atoms with van der Waals surface area (Å²) in [5, 5.41) is 4.83. The summed E-state index contributed by atoms with van der Waals surface area (Å²) in [6.07, 6.45) is 12.0. The Morgan fingerprint density at radius 2 is 1.72 bits per heavy atom. The van der Waals surface area contributed by atoms with Crippen molar-refractivity contribution >= 4 is 22.8 Å². The van der Waals surface area contributed by atoms with Crippen LogP contribution in [0.1, 0.15) is 36.8 Å². The third-order valence-corrected chi connectivity index (χ3v) is 6.52. The van der Waals surface area contributed by atoms with E-state index in [0.717, 1.165) is 23.1 Å². The summed E-state index contributed by atoms with van der Waals surface area (Å²) in [5.74, 6) is 0.964. The first kappa shape index (κ1) is 18.3. The average Bonchev–Trinajstić information content (AvgIpc) is 3.22. The summed E-state index contributed by atoms with van der Waals surface area (Å²) in [4.78, 5) is 11.5. The molecule has 0 amide bonds. The molecule has 0 unspecified atom stereocenters. The van der Waals surface area contributed by atoms with E-state index in [4.69, 9.17) is 0 Å². The second-order valence-electron chi connectivity index (χ2n) is 8.59. The monoisotopic (exact) mass is 384 g/mol. The molecule has 1 saturated carbocycles. The van der Waals surface area contributed by atoms with Crippen molar-refractivity contribution in [1.82, 2.24) is 14.9 Å². The Kier molecular flexibility index (Phi) is 4.80. The van der Waals surface area contributed by atoms with Gasteiger partial charge in [0.1, 0.15) is 12.1 Å². The predicted octanol–water partition coefficient (Wildman–Crippen LogP) is 5.15. The van der Waals surface area contributed by atoms with E-state index < -0.39 is 0 Å². The van der Waals surface area contributed by atoms with Crippen molar-refractivity contribution in [2.45, 2.75) is 44.2 Å². The second-order valence-corrected chi connectivity index (χ2v) is 8.59. The number of rotatable bonds is 4. The highest BCUT2D eigenvalue weighted by molar-refractivity contribution is 5.92. The molecule has 2 aliphatic rings. The molecule has 0 atom stereocenters. The zero-order valence-electron chi connectivity index (χ0n) is 17.2. The summed E-state index contributed by atoms with van der Waals surface area (Å²) in [6.45, 7) is 0. The highest BCUT2D eigenvalue weighted by Crippen LogP contribution is 2.31. The fourth-order valence-corrected chi connectivity index (χ4v) is 4.71. The number of nitrogens with one attached hydrogen (secondary N) is 1. The van der Waals surface area contributed by atoms with Crippen molar-refractivity contribution in [1.29, 1.82) is 0 Å². The van der Waals surface area contributed by atoms with Crippen molar-refractivity contribution < 1.29 is 0 Å². The molecule has 5 rings (SSSR count). The van der Waals surface area contributed by atoms with Crippen molar-refractivity contribution in [2.24, 2.45) is 0 Å². The van der Waals surface area contributed by atoms with Crippen LogP contribution < -0.4 is 5.32 Å². The molecule has 0 aliphatic heterocycles. The molecule has 2 aromatic carbocycles. The minimum atomic E-state index is 0.484. The van der Waals surface area contributed by atoms with E-state index in [2.05, 4.69) is 82.8 Å². The van der Waals surface area contributed by atoms with Crippen LogP contribution in [0.5, 0.6) is 0 Å². The Morgan fingerprint density at radius 1 is 0.931 bits per heavy atom. The van der Waals surface area contributed by atoms with E-state index in [0.29, 0.717) is 12.1 Å². The number of aromatic nitrogens is 2. The molecule has 1 N–H and O–H groups in total. The lowest BCUT2D eigenvalue weighted by molar-refractivity contribution is 0.221. The largest absolute Gasteiger partial charge is 0.367 e. The van der Waals surface area contributed by atoms with Crippen LogP contribution in [0.2, 0.25) is 0 Å². The maximum absolute atomic E-state index is 4.60. The number of allylic oxidation sites excluding steroid dienone is 1. The number of hydrogen-bond acceptors (Lipinski definition) is 4. The van der Waals surface area contributed by atoms with Crippen LogP contribution >= 0.6 is 0 Å².